The Labute approximate surface area is 195 Å². The van der Waals surface area contributed by atoms with Crippen molar-refractivity contribution in [1.82, 2.24) is 4.90 Å². The highest BCUT2D eigenvalue weighted by molar-refractivity contribution is 6.05. The van der Waals surface area contributed by atoms with E-state index < -0.39 is 0 Å². The molecule has 2 saturated heterocycles. The summed E-state index contributed by atoms with van der Waals surface area (Å²) in [6.45, 7) is 8.66. The van der Waals surface area contributed by atoms with Gasteiger partial charge in [0.25, 0.3) is 0 Å². The predicted octanol–water partition coefficient (Wildman–Crippen LogP) is 3.91. The largest absolute Gasteiger partial charge is 0.507 e. The number of aromatic hydroxyl groups is 1. The molecule has 0 saturated carbocycles. The number of imide groups is 1. The summed E-state index contributed by atoms with van der Waals surface area (Å²) in [4.78, 5) is 27.4. The molecule has 2 fully saturated rings. The quantitative estimate of drug-likeness (QED) is 0.483. The molecular formula is C27H35NO5. The van der Waals surface area contributed by atoms with Crippen LogP contribution in [-0.2, 0) is 14.3 Å². The van der Waals surface area contributed by atoms with Gasteiger partial charge in [0.1, 0.15) is 5.75 Å². The van der Waals surface area contributed by atoms with E-state index in [2.05, 4.69) is 13.0 Å². The lowest BCUT2D eigenvalue weighted by Crippen LogP contribution is -2.35. The minimum Gasteiger partial charge on any atom is -0.507 e. The van der Waals surface area contributed by atoms with E-state index in [1.54, 1.807) is 0 Å². The highest BCUT2D eigenvalue weighted by atomic mass is 16.5. The zero-order valence-electron chi connectivity index (χ0n) is 20.1. The number of hydrogen-bond donors (Lipinski definition) is 2. The normalized spacial score (nSPS) is 27.4. The highest BCUT2D eigenvalue weighted by Crippen LogP contribution is 2.49. The summed E-state index contributed by atoms with van der Waals surface area (Å²) in [5, 5.41) is 20.1. The van der Waals surface area contributed by atoms with Crippen LogP contribution in [-0.4, -0.2) is 52.8 Å². The van der Waals surface area contributed by atoms with Crippen LogP contribution in [0.3, 0.4) is 0 Å². The average molecular weight is 454 g/mol. The second kappa shape index (κ2) is 9.43. The third-order valence-corrected chi connectivity index (χ3v) is 7.46. The maximum absolute atomic E-state index is 13.1. The van der Waals surface area contributed by atoms with Crippen molar-refractivity contribution in [3.8, 4) is 5.75 Å². The molecule has 0 aromatic heterocycles. The Balaban J connectivity index is 1.50. The van der Waals surface area contributed by atoms with Gasteiger partial charge in [-0.25, -0.2) is 0 Å². The number of carbonyl (C=O) groups excluding carboxylic acids is 2. The zero-order valence-corrected chi connectivity index (χ0v) is 20.1. The molecule has 1 aromatic rings. The molecular weight excluding hydrogens is 418 g/mol. The number of fused-ring (bicyclic) bond motifs is 3. The Morgan fingerprint density at radius 2 is 1.88 bits per heavy atom. The number of amides is 2. The lowest BCUT2D eigenvalue weighted by atomic mass is 9.69. The topological polar surface area (TPSA) is 87.1 Å². The van der Waals surface area contributed by atoms with E-state index in [-0.39, 0.29) is 42.3 Å². The van der Waals surface area contributed by atoms with E-state index >= 15 is 0 Å². The summed E-state index contributed by atoms with van der Waals surface area (Å²) in [7, 11) is 0. The van der Waals surface area contributed by atoms with Crippen LogP contribution in [0.4, 0.5) is 0 Å². The fourth-order valence-corrected chi connectivity index (χ4v) is 5.92. The van der Waals surface area contributed by atoms with Gasteiger partial charge in [-0.15, -0.1) is 0 Å². The molecule has 0 unspecified atom stereocenters. The number of phenolic OH excluding ortho intramolecular Hbond substituents is 1. The molecule has 2 N–H and O–H groups in total. The molecule has 1 aliphatic carbocycles. The Morgan fingerprint density at radius 1 is 1.18 bits per heavy atom. The van der Waals surface area contributed by atoms with E-state index in [9.17, 15) is 19.8 Å². The van der Waals surface area contributed by atoms with Gasteiger partial charge in [0.05, 0.1) is 31.2 Å². The molecule has 4 rings (SSSR count). The van der Waals surface area contributed by atoms with Crippen molar-refractivity contribution in [2.45, 2.75) is 59.5 Å². The number of aliphatic hydroxyl groups excluding tert-OH is 1. The van der Waals surface area contributed by atoms with Crippen molar-refractivity contribution < 1.29 is 24.5 Å². The maximum atomic E-state index is 13.1. The molecule has 33 heavy (non-hydrogen) atoms. The van der Waals surface area contributed by atoms with Crippen molar-refractivity contribution in [3.63, 3.8) is 0 Å². The molecule has 2 aliphatic heterocycles. The second-order valence-corrected chi connectivity index (χ2v) is 9.84. The number of hydrogen-bond acceptors (Lipinski definition) is 5. The molecule has 2 heterocycles. The first-order chi connectivity index (χ1) is 15.8. The van der Waals surface area contributed by atoms with Gasteiger partial charge in [0.2, 0.25) is 11.8 Å². The number of nitrogens with zero attached hydrogens (tertiary/aromatic N) is 1. The van der Waals surface area contributed by atoms with Crippen molar-refractivity contribution >= 4 is 17.9 Å². The standard InChI is InChI=1S/C27H35NO5/c1-5-8-28-26(31)20-12-19(13-29)23-21(24(20)27(28)32)14-33-22(23)7-6-15(2)9-18-10-16(3)25(30)17(4)11-18/h9-11,20-22,24,29-30H,5-8,12-14H2,1-4H3/b15-9+/t20-,21+,22-,24-/m1/s1. The van der Waals surface area contributed by atoms with E-state index in [1.807, 2.05) is 32.9 Å². The van der Waals surface area contributed by atoms with Crippen LogP contribution in [0.25, 0.3) is 6.08 Å². The zero-order chi connectivity index (χ0) is 23.9. The van der Waals surface area contributed by atoms with E-state index in [0.717, 1.165) is 47.1 Å². The van der Waals surface area contributed by atoms with E-state index in [0.29, 0.717) is 25.3 Å². The summed E-state index contributed by atoms with van der Waals surface area (Å²) >= 11 is 0. The minimum absolute atomic E-state index is 0.0651. The van der Waals surface area contributed by atoms with Gasteiger partial charge in [0, 0.05) is 12.5 Å². The summed E-state index contributed by atoms with van der Waals surface area (Å²) < 4.78 is 6.16. The van der Waals surface area contributed by atoms with Crippen LogP contribution in [0.5, 0.6) is 5.75 Å². The first-order valence-corrected chi connectivity index (χ1v) is 12.0. The SMILES string of the molecule is CCCN1C(=O)[C@@H]2[C@@H](CC(CO)=C3[C@@H](CC/C(C)=C/c4cc(C)c(O)c(C)c4)OC[C@@H]32)C1=O. The van der Waals surface area contributed by atoms with Gasteiger partial charge in [-0.2, -0.15) is 0 Å². The Morgan fingerprint density at radius 3 is 2.52 bits per heavy atom. The molecule has 6 nitrogen and oxygen atoms in total. The average Bonchev–Trinajstić information content (AvgIpc) is 3.30. The van der Waals surface area contributed by atoms with Crippen LogP contribution >= 0.6 is 0 Å². The highest BCUT2D eigenvalue weighted by Gasteiger charge is 2.56. The monoisotopic (exact) mass is 453 g/mol. The Hall–Kier alpha value is -2.44. The molecule has 6 heteroatoms. The van der Waals surface area contributed by atoms with Crippen LogP contribution < -0.4 is 0 Å². The number of rotatable bonds is 7. The number of likely N-dealkylation sites (tertiary alicyclic amines) is 1. The fraction of sp³-hybridized carbons (Fsp3) is 0.556. The molecule has 0 radical (unpaired) electrons. The van der Waals surface area contributed by atoms with Crippen LogP contribution in [0.15, 0.2) is 28.9 Å². The van der Waals surface area contributed by atoms with Gasteiger partial charge in [-0.05, 0) is 86.4 Å². The first-order valence-electron chi connectivity index (χ1n) is 12.0. The number of allylic oxidation sites excluding steroid dienone is 1. The van der Waals surface area contributed by atoms with Crippen molar-refractivity contribution in [2.75, 3.05) is 19.8 Å². The minimum atomic E-state index is -0.357. The fourth-order valence-electron chi connectivity index (χ4n) is 5.92. The third-order valence-electron chi connectivity index (χ3n) is 7.46. The number of aliphatic hydroxyl groups is 1. The summed E-state index contributed by atoms with van der Waals surface area (Å²) in [6.07, 6.45) is 4.80. The molecule has 0 bridgehead atoms. The Kier molecular flexibility index (Phi) is 6.78. The lowest BCUT2D eigenvalue weighted by Gasteiger charge is -2.31. The smallest absolute Gasteiger partial charge is 0.233 e. The number of aryl methyl sites for hydroxylation is 2. The summed E-state index contributed by atoms with van der Waals surface area (Å²) in [5.41, 5.74) is 5.92. The number of carbonyl (C=O) groups is 2. The Bertz CT molecular complexity index is 1000. The molecule has 2 amide bonds. The van der Waals surface area contributed by atoms with Crippen LogP contribution in [0.1, 0.15) is 56.2 Å². The first kappa shape index (κ1) is 23.7. The predicted molar refractivity (Wildman–Crippen MR) is 126 cm³/mol. The van der Waals surface area contributed by atoms with Gasteiger partial charge in [0.15, 0.2) is 0 Å². The molecule has 1 aromatic carbocycles. The molecule has 178 valence electrons. The molecule has 3 aliphatic rings. The molecule has 0 spiro atoms. The van der Waals surface area contributed by atoms with Crippen molar-refractivity contribution in [1.29, 1.82) is 0 Å². The van der Waals surface area contributed by atoms with Gasteiger partial charge < -0.3 is 14.9 Å². The number of phenols is 1. The lowest BCUT2D eigenvalue weighted by molar-refractivity contribution is -0.140. The van der Waals surface area contributed by atoms with E-state index in [4.69, 9.17) is 4.74 Å². The van der Waals surface area contributed by atoms with E-state index in [1.165, 1.54) is 10.5 Å². The van der Waals surface area contributed by atoms with Crippen molar-refractivity contribution in [3.05, 3.63) is 45.5 Å². The molecule has 4 atom stereocenters. The number of ether oxygens (including phenoxy) is 1. The van der Waals surface area contributed by atoms with Gasteiger partial charge in [-0.1, -0.05) is 18.6 Å². The van der Waals surface area contributed by atoms with Gasteiger partial charge >= 0.3 is 0 Å². The van der Waals surface area contributed by atoms with Crippen LogP contribution in [0, 0.1) is 31.6 Å². The maximum Gasteiger partial charge on any atom is 0.233 e. The number of benzene rings is 1. The van der Waals surface area contributed by atoms with Crippen molar-refractivity contribution in [2.24, 2.45) is 17.8 Å². The summed E-state index contributed by atoms with van der Waals surface area (Å²) in [5.74, 6) is -0.625. The van der Waals surface area contributed by atoms with Crippen LogP contribution in [0.2, 0.25) is 0 Å². The third kappa shape index (κ3) is 4.26. The second-order valence-electron chi connectivity index (χ2n) is 9.84. The van der Waals surface area contributed by atoms with Gasteiger partial charge in [-0.3, -0.25) is 14.5 Å². The summed E-state index contributed by atoms with van der Waals surface area (Å²) in [6, 6.07) is 3.96.